The van der Waals surface area contributed by atoms with E-state index in [1.165, 1.54) is 25.7 Å². The fourth-order valence-electron chi connectivity index (χ4n) is 3.21. The van der Waals surface area contributed by atoms with Gasteiger partial charge in [0.1, 0.15) is 0 Å². The number of amides is 1. The molecule has 136 valence electrons. The monoisotopic (exact) mass is 375 g/mol. The molecule has 0 saturated carbocycles. The predicted octanol–water partition coefficient (Wildman–Crippen LogP) is 2.04. The average Bonchev–Trinajstić information content (AvgIpc) is 3.10. The lowest BCUT2D eigenvalue weighted by molar-refractivity contribution is 0.0944. The van der Waals surface area contributed by atoms with Crippen LogP contribution < -0.4 is 15.5 Å². The van der Waals surface area contributed by atoms with Gasteiger partial charge in [-0.15, -0.1) is 35.0 Å². The minimum Gasteiger partial charge on any atom is -0.355 e. The van der Waals surface area contributed by atoms with Crippen molar-refractivity contribution in [2.24, 2.45) is 5.92 Å². The van der Waals surface area contributed by atoms with Crippen molar-refractivity contribution in [2.75, 3.05) is 37.6 Å². The molecule has 8 heteroatoms. The van der Waals surface area contributed by atoms with E-state index in [1.54, 1.807) is 6.07 Å². The molecule has 0 bridgehead atoms. The second-order valence-corrected chi connectivity index (χ2v) is 6.23. The van der Waals surface area contributed by atoms with Crippen molar-refractivity contribution in [1.82, 2.24) is 20.8 Å². The highest BCUT2D eigenvalue weighted by Gasteiger charge is 2.16. The van der Waals surface area contributed by atoms with Crippen LogP contribution in [0.4, 0.5) is 5.82 Å². The molecule has 2 N–H and O–H groups in total. The summed E-state index contributed by atoms with van der Waals surface area (Å²) in [7, 11) is 0. The van der Waals surface area contributed by atoms with Crippen LogP contribution in [0.5, 0.6) is 0 Å². The minimum absolute atomic E-state index is 0. The lowest BCUT2D eigenvalue weighted by atomic mass is 9.96. The van der Waals surface area contributed by atoms with E-state index >= 15 is 0 Å². The Kier molecular flexibility index (Phi) is 9.33. The van der Waals surface area contributed by atoms with E-state index in [-0.39, 0.29) is 30.7 Å². The summed E-state index contributed by atoms with van der Waals surface area (Å²) in [5.41, 5.74) is 0.407. The van der Waals surface area contributed by atoms with E-state index in [4.69, 9.17) is 0 Å². The number of aromatic nitrogens is 2. The van der Waals surface area contributed by atoms with Crippen LogP contribution >= 0.6 is 24.8 Å². The van der Waals surface area contributed by atoms with Crippen molar-refractivity contribution in [3.63, 3.8) is 0 Å². The van der Waals surface area contributed by atoms with Gasteiger partial charge in [-0.2, -0.15) is 0 Å². The SMILES string of the molecule is Cl.Cl.O=C(NCCC1CCCNC1)c1ccc(N2CCCC2)nn1. The van der Waals surface area contributed by atoms with E-state index < -0.39 is 0 Å². The number of carbonyl (C=O) groups excluding carboxylic acids is 1. The summed E-state index contributed by atoms with van der Waals surface area (Å²) in [6, 6.07) is 3.68. The molecular formula is C16H27Cl2N5O. The number of hydrogen-bond acceptors (Lipinski definition) is 5. The molecular weight excluding hydrogens is 349 g/mol. The first-order valence-electron chi connectivity index (χ1n) is 8.40. The van der Waals surface area contributed by atoms with Gasteiger partial charge in [-0.05, 0) is 63.2 Å². The van der Waals surface area contributed by atoms with Gasteiger partial charge < -0.3 is 15.5 Å². The zero-order chi connectivity index (χ0) is 15.2. The standard InChI is InChI=1S/C16H25N5O.2ClH/c22-16(18-9-7-13-4-3-8-17-12-13)14-5-6-15(20-19-14)21-10-1-2-11-21;;/h5-6,13,17H,1-4,7-12H2,(H,18,22);2*1H. The van der Waals surface area contributed by atoms with Gasteiger partial charge in [0.05, 0.1) is 0 Å². The van der Waals surface area contributed by atoms with E-state index in [1.807, 2.05) is 6.07 Å². The van der Waals surface area contributed by atoms with Gasteiger partial charge in [-0.1, -0.05) is 0 Å². The van der Waals surface area contributed by atoms with Crippen LogP contribution in [0.25, 0.3) is 0 Å². The maximum Gasteiger partial charge on any atom is 0.271 e. The second kappa shape index (κ2) is 10.7. The molecule has 3 heterocycles. The van der Waals surface area contributed by atoms with Gasteiger partial charge >= 0.3 is 0 Å². The van der Waals surface area contributed by atoms with Crippen LogP contribution in [-0.2, 0) is 0 Å². The summed E-state index contributed by atoms with van der Waals surface area (Å²) in [5.74, 6) is 1.43. The lowest BCUT2D eigenvalue weighted by Gasteiger charge is -2.22. The number of piperidine rings is 1. The topological polar surface area (TPSA) is 70.2 Å². The Bertz CT molecular complexity index is 488. The Balaban J connectivity index is 0.00000144. The van der Waals surface area contributed by atoms with Gasteiger partial charge in [-0.25, -0.2) is 0 Å². The van der Waals surface area contributed by atoms with E-state index in [0.717, 1.165) is 38.4 Å². The van der Waals surface area contributed by atoms with Crippen molar-refractivity contribution in [1.29, 1.82) is 0 Å². The number of hydrogen-bond donors (Lipinski definition) is 2. The number of halogens is 2. The Morgan fingerprint density at radius 2 is 2.00 bits per heavy atom. The highest BCUT2D eigenvalue weighted by Crippen LogP contribution is 2.16. The molecule has 0 aromatic carbocycles. The van der Waals surface area contributed by atoms with Crippen molar-refractivity contribution >= 4 is 36.5 Å². The first-order chi connectivity index (χ1) is 10.8. The summed E-state index contributed by atoms with van der Waals surface area (Å²) in [6.07, 6.45) is 5.94. The molecule has 1 atom stereocenters. The number of nitrogens with one attached hydrogen (secondary N) is 2. The minimum atomic E-state index is -0.121. The number of carbonyl (C=O) groups is 1. The number of nitrogens with zero attached hydrogens (tertiary/aromatic N) is 3. The Hall–Kier alpha value is -1.11. The summed E-state index contributed by atoms with van der Waals surface area (Å²) in [4.78, 5) is 14.3. The summed E-state index contributed by atoms with van der Waals surface area (Å²) in [5, 5.41) is 14.6. The Morgan fingerprint density at radius 3 is 2.62 bits per heavy atom. The lowest BCUT2D eigenvalue weighted by Crippen LogP contribution is -2.33. The van der Waals surface area contributed by atoms with Crippen LogP contribution in [-0.4, -0.2) is 48.8 Å². The van der Waals surface area contributed by atoms with E-state index in [0.29, 0.717) is 18.2 Å². The number of rotatable bonds is 5. The second-order valence-electron chi connectivity index (χ2n) is 6.23. The van der Waals surface area contributed by atoms with Gasteiger partial charge in [-0.3, -0.25) is 4.79 Å². The molecule has 1 aromatic rings. The third kappa shape index (κ3) is 5.76. The molecule has 1 unspecified atom stereocenters. The maximum absolute atomic E-state index is 12.1. The van der Waals surface area contributed by atoms with Crippen LogP contribution in [0.1, 0.15) is 42.6 Å². The third-order valence-corrected chi connectivity index (χ3v) is 4.55. The molecule has 0 aliphatic carbocycles. The summed E-state index contributed by atoms with van der Waals surface area (Å²) in [6.45, 7) is 4.98. The average molecular weight is 376 g/mol. The van der Waals surface area contributed by atoms with Crippen LogP contribution in [0.15, 0.2) is 12.1 Å². The highest BCUT2D eigenvalue weighted by molar-refractivity contribution is 5.92. The Labute approximate surface area is 156 Å². The van der Waals surface area contributed by atoms with Crippen LogP contribution in [0.3, 0.4) is 0 Å². The molecule has 1 amide bonds. The van der Waals surface area contributed by atoms with Gasteiger partial charge in [0.15, 0.2) is 11.5 Å². The van der Waals surface area contributed by atoms with Crippen molar-refractivity contribution in [2.45, 2.75) is 32.1 Å². The van der Waals surface area contributed by atoms with Crippen molar-refractivity contribution in [3.8, 4) is 0 Å². The zero-order valence-electron chi connectivity index (χ0n) is 13.9. The molecule has 0 radical (unpaired) electrons. The fourth-order valence-corrected chi connectivity index (χ4v) is 3.21. The normalized spacial score (nSPS) is 20.0. The molecule has 2 aliphatic heterocycles. The first-order valence-corrected chi connectivity index (χ1v) is 8.40. The predicted molar refractivity (Wildman–Crippen MR) is 101 cm³/mol. The zero-order valence-corrected chi connectivity index (χ0v) is 15.5. The van der Waals surface area contributed by atoms with Crippen molar-refractivity contribution in [3.05, 3.63) is 17.8 Å². The molecule has 24 heavy (non-hydrogen) atoms. The van der Waals surface area contributed by atoms with Crippen LogP contribution in [0.2, 0.25) is 0 Å². The highest BCUT2D eigenvalue weighted by atomic mass is 35.5. The molecule has 2 saturated heterocycles. The number of anilines is 1. The molecule has 2 aliphatic rings. The fraction of sp³-hybridized carbons (Fsp3) is 0.688. The molecule has 6 nitrogen and oxygen atoms in total. The molecule has 0 spiro atoms. The smallest absolute Gasteiger partial charge is 0.271 e. The van der Waals surface area contributed by atoms with E-state index in [2.05, 4.69) is 25.7 Å². The van der Waals surface area contributed by atoms with Gasteiger partial charge in [0.2, 0.25) is 0 Å². The maximum atomic E-state index is 12.1. The molecule has 1 aromatic heterocycles. The van der Waals surface area contributed by atoms with Crippen LogP contribution in [0, 0.1) is 5.92 Å². The molecule has 3 rings (SSSR count). The third-order valence-electron chi connectivity index (χ3n) is 4.55. The quantitative estimate of drug-likeness (QED) is 0.823. The molecule has 2 fully saturated rings. The van der Waals surface area contributed by atoms with Crippen molar-refractivity contribution < 1.29 is 4.79 Å². The largest absolute Gasteiger partial charge is 0.355 e. The first kappa shape index (κ1) is 20.9. The summed E-state index contributed by atoms with van der Waals surface area (Å²) >= 11 is 0. The van der Waals surface area contributed by atoms with Gasteiger partial charge in [0.25, 0.3) is 5.91 Å². The summed E-state index contributed by atoms with van der Waals surface area (Å²) < 4.78 is 0. The Morgan fingerprint density at radius 1 is 1.21 bits per heavy atom. The van der Waals surface area contributed by atoms with Gasteiger partial charge in [0, 0.05) is 19.6 Å². The van der Waals surface area contributed by atoms with E-state index in [9.17, 15) is 4.79 Å².